The molecule has 0 saturated carbocycles. The maximum Gasteiger partial charge on any atom is 0.0511 e. The third-order valence-corrected chi connectivity index (χ3v) is 4.31. The Balaban J connectivity index is 2.23. The van der Waals surface area contributed by atoms with Crippen LogP contribution in [0.15, 0.2) is 42.5 Å². The van der Waals surface area contributed by atoms with E-state index in [1.165, 1.54) is 5.56 Å². The Hall–Kier alpha value is -1.22. The van der Waals surface area contributed by atoms with Gasteiger partial charge in [-0.25, -0.2) is 0 Å². The molecule has 0 aliphatic rings. The standard InChI is InChI=1S/C17H20Cl2N2/c1-12(13-5-4-6-15(18)9-13)21(3)16-8-7-14(11-20-2)17(19)10-16/h4-10,12,20H,11H2,1-3H3. The molecule has 0 aromatic heterocycles. The first-order chi connectivity index (χ1) is 10.0. The summed E-state index contributed by atoms with van der Waals surface area (Å²) in [5.74, 6) is 0. The zero-order chi connectivity index (χ0) is 15.4. The van der Waals surface area contributed by atoms with Crippen LogP contribution < -0.4 is 10.2 Å². The number of halogens is 2. The van der Waals surface area contributed by atoms with E-state index in [1.54, 1.807) is 0 Å². The van der Waals surface area contributed by atoms with Gasteiger partial charge in [0.25, 0.3) is 0 Å². The molecule has 1 unspecified atom stereocenters. The number of nitrogens with zero attached hydrogens (tertiary/aromatic N) is 1. The van der Waals surface area contributed by atoms with Crippen molar-refractivity contribution in [1.82, 2.24) is 5.32 Å². The highest BCUT2D eigenvalue weighted by molar-refractivity contribution is 6.31. The lowest BCUT2D eigenvalue weighted by Crippen LogP contribution is -2.21. The van der Waals surface area contributed by atoms with Gasteiger partial charge in [-0.05, 0) is 49.4 Å². The van der Waals surface area contributed by atoms with Crippen LogP contribution in [-0.2, 0) is 6.54 Å². The molecule has 0 bridgehead atoms. The smallest absolute Gasteiger partial charge is 0.0511 e. The Morgan fingerprint density at radius 1 is 1.14 bits per heavy atom. The van der Waals surface area contributed by atoms with E-state index in [2.05, 4.69) is 42.4 Å². The molecule has 0 radical (unpaired) electrons. The predicted molar refractivity (Wildman–Crippen MR) is 92.5 cm³/mol. The van der Waals surface area contributed by atoms with Crippen molar-refractivity contribution in [2.45, 2.75) is 19.5 Å². The summed E-state index contributed by atoms with van der Waals surface area (Å²) in [6.45, 7) is 2.92. The van der Waals surface area contributed by atoms with Crippen molar-refractivity contribution in [3.05, 3.63) is 63.6 Å². The second-order valence-corrected chi connectivity index (χ2v) is 5.99. The molecule has 0 aliphatic heterocycles. The molecular weight excluding hydrogens is 303 g/mol. The van der Waals surface area contributed by atoms with Crippen molar-refractivity contribution in [1.29, 1.82) is 0 Å². The first kappa shape index (κ1) is 16.2. The van der Waals surface area contributed by atoms with Gasteiger partial charge in [-0.1, -0.05) is 41.4 Å². The molecule has 2 rings (SSSR count). The van der Waals surface area contributed by atoms with E-state index in [1.807, 2.05) is 31.3 Å². The number of hydrogen-bond acceptors (Lipinski definition) is 2. The van der Waals surface area contributed by atoms with Gasteiger partial charge in [0, 0.05) is 29.3 Å². The maximum absolute atomic E-state index is 6.34. The van der Waals surface area contributed by atoms with Crippen LogP contribution in [-0.4, -0.2) is 14.1 Å². The first-order valence-electron chi connectivity index (χ1n) is 6.94. The van der Waals surface area contributed by atoms with E-state index in [4.69, 9.17) is 23.2 Å². The van der Waals surface area contributed by atoms with Gasteiger partial charge in [-0.15, -0.1) is 0 Å². The summed E-state index contributed by atoms with van der Waals surface area (Å²) in [4.78, 5) is 2.20. The molecule has 0 saturated heterocycles. The van der Waals surface area contributed by atoms with E-state index >= 15 is 0 Å². The molecule has 2 nitrogen and oxygen atoms in total. The molecule has 0 fully saturated rings. The van der Waals surface area contributed by atoms with Gasteiger partial charge in [0.15, 0.2) is 0 Å². The SMILES string of the molecule is CNCc1ccc(N(C)C(C)c2cccc(Cl)c2)cc1Cl. The highest BCUT2D eigenvalue weighted by Gasteiger charge is 2.13. The number of hydrogen-bond donors (Lipinski definition) is 1. The molecule has 4 heteroatoms. The van der Waals surface area contributed by atoms with Gasteiger partial charge in [0.05, 0.1) is 6.04 Å². The largest absolute Gasteiger partial charge is 0.368 e. The molecule has 2 aromatic rings. The number of anilines is 1. The summed E-state index contributed by atoms with van der Waals surface area (Å²) >= 11 is 12.4. The maximum atomic E-state index is 6.34. The molecule has 0 spiro atoms. The molecule has 1 atom stereocenters. The number of rotatable bonds is 5. The highest BCUT2D eigenvalue weighted by Crippen LogP contribution is 2.29. The molecule has 2 aromatic carbocycles. The van der Waals surface area contributed by atoms with E-state index in [0.29, 0.717) is 0 Å². The van der Waals surface area contributed by atoms with Gasteiger partial charge in [0.2, 0.25) is 0 Å². The van der Waals surface area contributed by atoms with Crippen LogP contribution in [0.1, 0.15) is 24.1 Å². The topological polar surface area (TPSA) is 15.3 Å². The zero-order valence-electron chi connectivity index (χ0n) is 12.5. The van der Waals surface area contributed by atoms with Crippen molar-refractivity contribution in [2.75, 3.05) is 19.0 Å². The number of nitrogens with one attached hydrogen (secondary N) is 1. The lowest BCUT2D eigenvalue weighted by molar-refractivity contribution is 0.739. The molecule has 0 aliphatic carbocycles. The normalized spacial score (nSPS) is 12.2. The monoisotopic (exact) mass is 322 g/mol. The fraction of sp³-hybridized carbons (Fsp3) is 0.294. The molecular formula is C17H20Cl2N2. The molecule has 21 heavy (non-hydrogen) atoms. The van der Waals surface area contributed by atoms with Gasteiger partial charge < -0.3 is 10.2 Å². The zero-order valence-corrected chi connectivity index (χ0v) is 14.0. The third-order valence-electron chi connectivity index (χ3n) is 3.72. The lowest BCUT2D eigenvalue weighted by atomic mass is 10.1. The Labute approximate surface area is 136 Å². The summed E-state index contributed by atoms with van der Waals surface area (Å²) in [7, 11) is 3.98. The minimum absolute atomic E-state index is 0.218. The van der Waals surface area contributed by atoms with Gasteiger partial charge in [-0.2, -0.15) is 0 Å². The quantitative estimate of drug-likeness (QED) is 0.841. The summed E-state index contributed by atoms with van der Waals surface area (Å²) in [6.07, 6.45) is 0. The van der Waals surface area contributed by atoms with Crippen molar-refractivity contribution in [3.8, 4) is 0 Å². The third kappa shape index (κ3) is 3.91. The Bertz CT molecular complexity index is 613. The first-order valence-corrected chi connectivity index (χ1v) is 7.70. The molecule has 0 heterocycles. The minimum Gasteiger partial charge on any atom is -0.368 e. The fourth-order valence-electron chi connectivity index (χ4n) is 2.30. The fourth-order valence-corrected chi connectivity index (χ4v) is 2.74. The van der Waals surface area contributed by atoms with Crippen LogP contribution in [0, 0.1) is 0 Å². The summed E-state index contributed by atoms with van der Waals surface area (Å²) < 4.78 is 0. The van der Waals surface area contributed by atoms with Crippen molar-refractivity contribution < 1.29 is 0 Å². The average molecular weight is 323 g/mol. The molecule has 0 amide bonds. The minimum atomic E-state index is 0.218. The van der Waals surface area contributed by atoms with Crippen molar-refractivity contribution >= 4 is 28.9 Å². The van der Waals surface area contributed by atoms with Gasteiger partial charge in [-0.3, -0.25) is 0 Å². The Morgan fingerprint density at radius 2 is 1.90 bits per heavy atom. The van der Waals surface area contributed by atoms with E-state index in [-0.39, 0.29) is 6.04 Å². The van der Waals surface area contributed by atoms with Gasteiger partial charge in [0.1, 0.15) is 0 Å². The second kappa shape index (κ2) is 7.17. The van der Waals surface area contributed by atoms with Crippen LogP contribution in [0.5, 0.6) is 0 Å². The molecule has 1 N–H and O–H groups in total. The molecule has 112 valence electrons. The summed E-state index contributed by atoms with van der Waals surface area (Å²) in [6, 6.07) is 14.3. The van der Waals surface area contributed by atoms with Crippen molar-refractivity contribution in [3.63, 3.8) is 0 Å². The van der Waals surface area contributed by atoms with Crippen LogP contribution in [0.4, 0.5) is 5.69 Å². The van der Waals surface area contributed by atoms with Crippen molar-refractivity contribution in [2.24, 2.45) is 0 Å². The lowest BCUT2D eigenvalue weighted by Gasteiger charge is -2.28. The van der Waals surface area contributed by atoms with Crippen LogP contribution in [0.2, 0.25) is 10.0 Å². The van der Waals surface area contributed by atoms with Crippen LogP contribution in [0.3, 0.4) is 0 Å². The van der Waals surface area contributed by atoms with E-state index in [0.717, 1.165) is 27.8 Å². The second-order valence-electron chi connectivity index (χ2n) is 5.15. The number of benzene rings is 2. The summed E-state index contributed by atoms with van der Waals surface area (Å²) in [5, 5.41) is 4.66. The predicted octanol–water partition coefficient (Wildman–Crippen LogP) is 4.91. The summed E-state index contributed by atoms with van der Waals surface area (Å²) in [5.41, 5.74) is 3.37. The Morgan fingerprint density at radius 3 is 2.52 bits per heavy atom. The van der Waals surface area contributed by atoms with Crippen LogP contribution in [0.25, 0.3) is 0 Å². The average Bonchev–Trinajstić information content (AvgIpc) is 2.48. The van der Waals surface area contributed by atoms with E-state index in [9.17, 15) is 0 Å². The Kier molecular flexibility index (Phi) is 5.51. The van der Waals surface area contributed by atoms with Crippen LogP contribution >= 0.6 is 23.2 Å². The van der Waals surface area contributed by atoms with Gasteiger partial charge >= 0.3 is 0 Å². The van der Waals surface area contributed by atoms with E-state index < -0.39 is 0 Å². The highest BCUT2D eigenvalue weighted by atomic mass is 35.5.